The number of azo groups is 1. The molecule has 0 fully saturated rings. The van der Waals surface area contributed by atoms with Gasteiger partial charge in [-0.2, -0.15) is 13.5 Å². The molecule has 0 aliphatic heterocycles. The zero-order chi connectivity index (χ0) is 24.2. The van der Waals surface area contributed by atoms with Crippen LogP contribution in [0, 0.1) is 0 Å². The first kappa shape index (κ1) is 28.7. The third kappa shape index (κ3) is 6.57. The standard InChI is InChI=1S/C18H17N3O9S3.Y/c1-27-29-30-31-12-7-10-8-15(33(25,26)28-2)17(18(22)16(10)14(19)9-12)21-20-11-3-5-13(6-4-11)32(23)24;/h3-9,22H,19H2,1-2H3,(H,23,24);/q;+3/p-1. The van der Waals surface area contributed by atoms with Crippen LogP contribution in [0.25, 0.3) is 10.8 Å². The van der Waals surface area contributed by atoms with Crippen LogP contribution in [0.4, 0.5) is 17.1 Å². The molecule has 0 spiro atoms. The second kappa shape index (κ2) is 12.4. The fraction of sp³-hybridized carbons (Fsp3) is 0.111. The number of nitrogens with two attached hydrogens (primary N) is 1. The van der Waals surface area contributed by atoms with Crippen molar-refractivity contribution in [1.82, 2.24) is 0 Å². The first-order chi connectivity index (χ1) is 15.7. The molecular weight excluding hydrogens is 587 g/mol. The van der Waals surface area contributed by atoms with Crippen molar-refractivity contribution in [3.05, 3.63) is 42.5 Å². The smallest absolute Gasteiger partial charge is 0.768 e. The normalized spacial score (nSPS) is 12.7. The topological polar surface area (TPSA) is 182 Å². The molecule has 3 rings (SSSR count). The molecule has 34 heavy (non-hydrogen) atoms. The van der Waals surface area contributed by atoms with Gasteiger partial charge < -0.3 is 15.4 Å². The van der Waals surface area contributed by atoms with Crippen LogP contribution in [0.2, 0.25) is 0 Å². The minimum absolute atomic E-state index is 0. The first-order valence-electron chi connectivity index (χ1n) is 8.73. The summed E-state index contributed by atoms with van der Waals surface area (Å²) in [5.74, 6) is -0.549. The van der Waals surface area contributed by atoms with Gasteiger partial charge in [0.1, 0.15) is 10.6 Å². The Balaban J connectivity index is 0.00000408. The van der Waals surface area contributed by atoms with E-state index in [1.807, 2.05) is 0 Å². The molecule has 176 valence electrons. The third-order valence-electron chi connectivity index (χ3n) is 4.16. The minimum Gasteiger partial charge on any atom is -0.768 e. The van der Waals surface area contributed by atoms with E-state index in [0.29, 0.717) is 4.90 Å². The van der Waals surface area contributed by atoms with Crippen LogP contribution in [-0.2, 0) is 72.4 Å². The van der Waals surface area contributed by atoms with Crippen molar-refractivity contribution in [2.45, 2.75) is 14.7 Å². The molecule has 0 aromatic heterocycles. The number of rotatable bonds is 9. The fourth-order valence-electron chi connectivity index (χ4n) is 2.73. The SMILES string of the molecule is COOOSc1cc(N)c2c(O)c(N=Nc3ccc(S(=O)[O-])cc3)c(S(=O)(=O)OC)cc2c1.[Y+3]. The summed E-state index contributed by atoms with van der Waals surface area (Å²) in [6.45, 7) is 0. The Morgan fingerprint density at radius 2 is 1.79 bits per heavy atom. The molecule has 1 unspecified atom stereocenters. The fourth-order valence-corrected chi connectivity index (χ4v) is 4.42. The first-order valence-corrected chi connectivity index (χ1v) is 11.9. The van der Waals surface area contributed by atoms with Gasteiger partial charge in [0.2, 0.25) is 0 Å². The Bertz CT molecular complexity index is 1340. The third-order valence-corrected chi connectivity index (χ3v) is 6.66. The molecular formula is C18H16N3O9S3Y+2. The van der Waals surface area contributed by atoms with Gasteiger partial charge in [0, 0.05) is 20.9 Å². The summed E-state index contributed by atoms with van der Waals surface area (Å²) in [5, 5.41) is 23.3. The van der Waals surface area contributed by atoms with Gasteiger partial charge in [-0.3, -0.25) is 8.39 Å². The molecule has 0 radical (unpaired) electrons. The van der Waals surface area contributed by atoms with Crippen LogP contribution in [0.1, 0.15) is 0 Å². The molecule has 12 nitrogen and oxygen atoms in total. The van der Waals surface area contributed by atoms with Crippen molar-refractivity contribution in [1.29, 1.82) is 0 Å². The van der Waals surface area contributed by atoms with E-state index in [-0.39, 0.29) is 59.8 Å². The Morgan fingerprint density at radius 3 is 2.38 bits per heavy atom. The van der Waals surface area contributed by atoms with Gasteiger partial charge in [0.25, 0.3) is 10.1 Å². The van der Waals surface area contributed by atoms with E-state index in [1.54, 1.807) is 0 Å². The molecule has 3 aromatic carbocycles. The number of phenolic OH excluding ortho intramolecular Hbond substituents is 1. The van der Waals surface area contributed by atoms with Crippen LogP contribution in [0.5, 0.6) is 5.75 Å². The summed E-state index contributed by atoms with van der Waals surface area (Å²) >= 11 is -1.68. The number of nitrogen functional groups attached to an aromatic ring is 1. The number of phenols is 1. The van der Waals surface area contributed by atoms with E-state index >= 15 is 0 Å². The predicted octanol–water partition coefficient (Wildman–Crippen LogP) is 3.63. The molecule has 1 atom stereocenters. The number of aromatic hydroxyl groups is 1. The van der Waals surface area contributed by atoms with E-state index in [2.05, 4.69) is 24.3 Å². The van der Waals surface area contributed by atoms with E-state index in [4.69, 9.17) is 10.1 Å². The van der Waals surface area contributed by atoms with Crippen LogP contribution in [0.15, 0.2) is 67.4 Å². The maximum atomic E-state index is 12.5. The molecule has 3 aromatic rings. The predicted molar refractivity (Wildman–Crippen MR) is 117 cm³/mol. The molecule has 0 bridgehead atoms. The van der Waals surface area contributed by atoms with Gasteiger partial charge in [-0.05, 0) is 58.9 Å². The second-order valence-electron chi connectivity index (χ2n) is 6.12. The number of hydrogen-bond donors (Lipinski definition) is 2. The summed E-state index contributed by atoms with van der Waals surface area (Å²) in [7, 11) is -2.14. The Morgan fingerprint density at radius 1 is 1.12 bits per heavy atom. The van der Waals surface area contributed by atoms with Crippen molar-refractivity contribution in [2.75, 3.05) is 20.0 Å². The van der Waals surface area contributed by atoms with Gasteiger partial charge in [0.15, 0.2) is 5.75 Å². The van der Waals surface area contributed by atoms with Gasteiger partial charge in [-0.25, -0.2) is 4.89 Å². The zero-order valence-electron chi connectivity index (χ0n) is 17.5. The number of benzene rings is 3. The average Bonchev–Trinajstić information content (AvgIpc) is 2.78. The molecule has 3 N–H and O–H groups in total. The number of fused-ring (bicyclic) bond motifs is 1. The number of nitrogens with zero attached hydrogens (tertiary/aromatic N) is 2. The molecule has 0 saturated carbocycles. The van der Waals surface area contributed by atoms with Gasteiger partial charge in [-0.15, -0.1) is 9.45 Å². The molecule has 16 heteroatoms. The molecule has 0 saturated heterocycles. The van der Waals surface area contributed by atoms with Crippen LogP contribution in [0.3, 0.4) is 0 Å². The van der Waals surface area contributed by atoms with Crippen molar-refractivity contribution < 1.29 is 73.4 Å². The van der Waals surface area contributed by atoms with Gasteiger partial charge in [-0.1, -0.05) is 5.04 Å². The van der Waals surface area contributed by atoms with E-state index in [0.717, 1.165) is 19.2 Å². The molecule has 0 amide bonds. The van der Waals surface area contributed by atoms with E-state index in [9.17, 15) is 22.3 Å². The Hall–Kier alpha value is -1.53. The summed E-state index contributed by atoms with van der Waals surface area (Å²) in [4.78, 5) is 4.30. The maximum Gasteiger partial charge on any atom is 3.00 e. The van der Waals surface area contributed by atoms with Crippen LogP contribution < -0.4 is 5.73 Å². The summed E-state index contributed by atoms with van der Waals surface area (Å²) in [6.07, 6.45) is 0. The van der Waals surface area contributed by atoms with Crippen molar-refractivity contribution in [3.8, 4) is 5.75 Å². The zero-order valence-corrected chi connectivity index (χ0v) is 22.8. The van der Waals surface area contributed by atoms with Crippen molar-refractivity contribution >= 4 is 61.1 Å². The summed E-state index contributed by atoms with van der Waals surface area (Å²) < 4.78 is 56.3. The Kier molecular flexibility index (Phi) is 10.5. The quantitative estimate of drug-likeness (QED) is 0.0532. The Labute approximate surface area is 226 Å². The maximum absolute atomic E-state index is 12.5. The second-order valence-corrected chi connectivity index (χ2v) is 9.51. The summed E-state index contributed by atoms with van der Waals surface area (Å²) in [6, 6.07) is 9.46. The largest absolute Gasteiger partial charge is 3.00 e. The van der Waals surface area contributed by atoms with Crippen molar-refractivity contribution in [3.63, 3.8) is 0 Å². The average molecular weight is 603 g/mol. The summed E-state index contributed by atoms with van der Waals surface area (Å²) in [5.41, 5.74) is 5.95. The molecule has 0 aliphatic rings. The van der Waals surface area contributed by atoms with Gasteiger partial charge in [0.05, 0.1) is 31.9 Å². The molecule has 0 heterocycles. The number of anilines is 1. The monoisotopic (exact) mass is 603 g/mol. The van der Waals surface area contributed by atoms with Crippen molar-refractivity contribution in [2.24, 2.45) is 10.2 Å². The van der Waals surface area contributed by atoms with E-state index < -0.39 is 37.5 Å². The van der Waals surface area contributed by atoms with E-state index in [1.165, 1.54) is 49.6 Å². The van der Waals surface area contributed by atoms with Crippen LogP contribution in [-0.4, -0.2) is 36.5 Å². The number of hydrogen-bond acceptors (Lipinski definition) is 13. The van der Waals surface area contributed by atoms with Crippen LogP contribution >= 0.6 is 12.0 Å². The minimum atomic E-state index is -4.33. The van der Waals surface area contributed by atoms with Gasteiger partial charge >= 0.3 is 32.7 Å². The molecule has 0 aliphatic carbocycles.